The molecular weight excluding hydrogens is 636 g/mol. The number of hydrogen-bond donors (Lipinski definition) is 3. The first-order chi connectivity index (χ1) is 23.2. The van der Waals surface area contributed by atoms with Crippen molar-refractivity contribution in [3.63, 3.8) is 0 Å². The standard InChI is InChI=1S/C18H30N2O5.C17H28N2O5/c1-13(2)25-17(23)20-11-7-14(8-12-20)15(21)19-18(16(22)24-3)9-5-4-6-10-18;1-12(2)24-16(23)19-10-6-13(7-11-19)14(20)18-17(15(21)22)8-4-3-5-9-17/h13-14H,4-12H2,1-3H3,(H,19,21);12-13H,3-11H2,1-2H3,(H,18,20)(H,21,22). The maximum absolute atomic E-state index is 12.7. The lowest BCUT2D eigenvalue weighted by Gasteiger charge is -2.37. The lowest BCUT2D eigenvalue weighted by molar-refractivity contribution is -0.153. The van der Waals surface area contributed by atoms with Gasteiger partial charge in [-0.25, -0.2) is 19.2 Å². The van der Waals surface area contributed by atoms with E-state index in [0.29, 0.717) is 77.5 Å². The molecule has 0 atom stereocenters. The zero-order chi connectivity index (χ0) is 36.2. The summed E-state index contributed by atoms with van der Waals surface area (Å²) in [6.45, 7) is 9.14. The van der Waals surface area contributed by atoms with Crippen LogP contribution < -0.4 is 10.6 Å². The molecule has 0 aromatic heterocycles. The molecule has 4 rings (SSSR count). The topological polar surface area (TPSA) is 181 Å². The molecular formula is C35H58N4O10. The van der Waals surface area contributed by atoms with Crippen LogP contribution >= 0.6 is 0 Å². The number of nitrogens with one attached hydrogen (secondary N) is 2. The normalized spacial score (nSPS) is 21.1. The quantitative estimate of drug-likeness (QED) is 0.244. The Morgan fingerprint density at radius 3 is 1.29 bits per heavy atom. The molecule has 0 spiro atoms. The minimum absolute atomic E-state index is 0.107. The number of esters is 1. The summed E-state index contributed by atoms with van der Waals surface area (Å²) >= 11 is 0. The predicted molar refractivity (Wildman–Crippen MR) is 179 cm³/mol. The number of amides is 4. The van der Waals surface area contributed by atoms with Crippen LogP contribution in [0.1, 0.15) is 118 Å². The van der Waals surface area contributed by atoms with E-state index < -0.39 is 17.0 Å². The number of ether oxygens (including phenoxy) is 3. The van der Waals surface area contributed by atoms with Crippen LogP contribution in [0.3, 0.4) is 0 Å². The Bertz CT molecular complexity index is 1150. The second kappa shape index (κ2) is 18.4. The first-order valence-electron chi connectivity index (χ1n) is 18.1. The molecule has 49 heavy (non-hydrogen) atoms. The SMILES string of the molecule is CC(C)OC(=O)N1CCC(C(=O)NC2(C(=O)O)CCCCC2)CC1.COC(=O)C1(NC(=O)C2CCN(C(=O)OC(C)C)CC2)CCCCC1. The van der Waals surface area contributed by atoms with E-state index in [9.17, 15) is 33.9 Å². The number of rotatable bonds is 8. The van der Waals surface area contributed by atoms with Crippen molar-refractivity contribution in [2.45, 2.75) is 141 Å². The largest absolute Gasteiger partial charge is 0.480 e. The molecule has 14 nitrogen and oxygen atoms in total. The van der Waals surface area contributed by atoms with Crippen molar-refractivity contribution in [3.05, 3.63) is 0 Å². The van der Waals surface area contributed by atoms with E-state index in [1.54, 1.807) is 23.6 Å². The summed E-state index contributed by atoms with van der Waals surface area (Å²) in [6.07, 6.45) is 9.05. The summed E-state index contributed by atoms with van der Waals surface area (Å²) in [6, 6.07) is 0. The minimum Gasteiger partial charge on any atom is -0.480 e. The summed E-state index contributed by atoms with van der Waals surface area (Å²) in [5.41, 5.74) is -1.99. The number of nitrogens with zero attached hydrogens (tertiary/aromatic N) is 2. The number of carbonyl (C=O) groups excluding carboxylic acids is 5. The van der Waals surface area contributed by atoms with Crippen molar-refractivity contribution in [3.8, 4) is 0 Å². The minimum atomic E-state index is -1.11. The van der Waals surface area contributed by atoms with E-state index in [4.69, 9.17) is 14.2 Å². The number of likely N-dealkylation sites (tertiary alicyclic amines) is 2. The first kappa shape index (κ1) is 39.9. The molecule has 14 heteroatoms. The molecule has 4 aliphatic rings. The molecule has 0 unspecified atom stereocenters. The van der Waals surface area contributed by atoms with Gasteiger partial charge in [0.25, 0.3) is 0 Å². The van der Waals surface area contributed by atoms with Crippen molar-refractivity contribution >= 4 is 35.9 Å². The molecule has 4 amide bonds. The molecule has 2 saturated carbocycles. The van der Waals surface area contributed by atoms with Gasteiger partial charge < -0.3 is 39.8 Å². The summed E-state index contributed by atoms with van der Waals surface area (Å²) in [5, 5.41) is 15.3. The third-order valence-corrected chi connectivity index (χ3v) is 10.0. The van der Waals surface area contributed by atoms with Crippen molar-refractivity contribution in [1.29, 1.82) is 0 Å². The summed E-state index contributed by atoms with van der Waals surface area (Å²) in [7, 11) is 1.36. The lowest BCUT2D eigenvalue weighted by atomic mass is 9.81. The van der Waals surface area contributed by atoms with Crippen LogP contribution in [0.4, 0.5) is 9.59 Å². The van der Waals surface area contributed by atoms with Gasteiger partial charge in [-0.3, -0.25) is 9.59 Å². The molecule has 3 N–H and O–H groups in total. The maximum Gasteiger partial charge on any atom is 0.410 e. The highest BCUT2D eigenvalue weighted by Gasteiger charge is 2.44. The van der Waals surface area contributed by atoms with Gasteiger partial charge in [-0.05, 0) is 79.1 Å². The second-order valence-corrected chi connectivity index (χ2v) is 14.4. The molecule has 4 fully saturated rings. The van der Waals surface area contributed by atoms with Crippen LogP contribution in [0.25, 0.3) is 0 Å². The summed E-state index contributed by atoms with van der Waals surface area (Å²) < 4.78 is 15.3. The number of carboxylic acid groups (broad SMARTS) is 1. The number of carbonyl (C=O) groups is 6. The summed E-state index contributed by atoms with van der Waals surface area (Å²) in [5.74, 6) is -2.02. The van der Waals surface area contributed by atoms with Gasteiger partial charge in [-0.1, -0.05) is 38.5 Å². The molecule has 0 aromatic carbocycles. The smallest absolute Gasteiger partial charge is 0.410 e. The Hall–Kier alpha value is -3.58. The Labute approximate surface area is 290 Å². The molecule has 0 bridgehead atoms. The van der Waals surface area contributed by atoms with Crippen molar-refractivity contribution in [2.24, 2.45) is 11.8 Å². The van der Waals surface area contributed by atoms with Crippen LogP contribution in [-0.2, 0) is 33.4 Å². The monoisotopic (exact) mass is 694 g/mol. The van der Waals surface area contributed by atoms with E-state index >= 15 is 0 Å². The van der Waals surface area contributed by atoms with Crippen molar-refractivity contribution < 1.29 is 48.1 Å². The Morgan fingerprint density at radius 1 is 0.612 bits per heavy atom. The van der Waals surface area contributed by atoms with E-state index in [0.717, 1.165) is 38.5 Å². The summed E-state index contributed by atoms with van der Waals surface area (Å²) in [4.78, 5) is 76.2. The van der Waals surface area contributed by atoms with Crippen LogP contribution in [0.15, 0.2) is 0 Å². The van der Waals surface area contributed by atoms with Gasteiger partial charge in [0, 0.05) is 38.0 Å². The zero-order valence-electron chi connectivity index (χ0n) is 30.1. The number of hydrogen-bond acceptors (Lipinski definition) is 9. The van der Waals surface area contributed by atoms with Gasteiger partial charge in [0.2, 0.25) is 11.8 Å². The van der Waals surface area contributed by atoms with Crippen LogP contribution in [0.5, 0.6) is 0 Å². The molecule has 2 saturated heterocycles. The fourth-order valence-electron chi connectivity index (χ4n) is 7.16. The van der Waals surface area contributed by atoms with Crippen LogP contribution in [-0.4, -0.2) is 107 Å². The van der Waals surface area contributed by atoms with Crippen LogP contribution in [0.2, 0.25) is 0 Å². The molecule has 2 aliphatic heterocycles. The second-order valence-electron chi connectivity index (χ2n) is 14.4. The average molecular weight is 695 g/mol. The third kappa shape index (κ3) is 11.2. The Balaban J connectivity index is 0.000000266. The Morgan fingerprint density at radius 2 is 0.959 bits per heavy atom. The third-order valence-electron chi connectivity index (χ3n) is 10.0. The van der Waals surface area contributed by atoms with Gasteiger partial charge in [-0.15, -0.1) is 0 Å². The average Bonchev–Trinajstić information content (AvgIpc) is 3.08. The van der Waals surface area contributed by atoms with Crippen molar-refractivity contribution in [2.75, 3.05) is 33.3 Å². The highest BCUT2D eigenvalue weighted by Crippen LogP contribution is 2.32. The number of carboxylic acids is 1. The zero-order valence-corrected chi connectivity index (χ0v) is 30.1. The molecule has 278 valence electrons. The number of aliphatic carboxylic acids is 1. The molecule has 0 aromatic rings. The highest BCUT2D eigenvalue weighted by molar-refractivity contribution is 5.89. The van der Waals surface area contributed by atoms with Crippen molar-refractivity contribution in [1.82, 2.24) is 20.4 Å². The molecule has 2 heterocycles. The Kier molecular flexibility index (Phi) is 15.0. The van der Waals surface area contributed by atoms with Crippen LogP contribution in [0, 0.1) is 11.8 Å². The maximum atomic E-state index is 12.7. The fraction of sp³-hybridized carbons (Fsp3) is 0.829. The van der Waals surface area contributed by atoms with E-state index in [-0.39, 0.29) is 54.0 Å². The molecule has 0 radical (unpaired) electrons. The van der Waals surface area contributed by atoms with Gasteiger partial charge in [0.1, 0.15) is 11.1 Å². The number of piperidine rings is 2. The van der Waals surface area contributed by atoms with E-state index in [1.807, 2.05) is 13.8 Å². The van der Waals surface area contributed by atoms with Gasteiger partial charge in [0.15, 0.2) is 0 Å². The van der Waals surface area contributed by atoms with Gasteiger partial charge >= 0.3 is 24.1 Å². The highest BCUT2D eigenvalue weighted by atomic mass is 16.6. The first-order valence-corrected chi connectivity index (χ1v) is 18.1. The predicted octanol–water partition coefficient (Wildman–Crippen LogP) is 4.38. The van der Waals surface area contributed by atoms with E-state index in [1.165, 1.54) is 7.11 Å². The van der Waals surface area contributed by atoms with Gasteiger partial charge in [-0.2, -0.15) is 0 Å². The fourth-order valence-corrected chi connectivity index (χ4v) is 7.16. The number of methoxy groups -OCH3 is 1. The molecule has 2 aliphatic carbocycles. The lowest BCUT2D eigenvalue weighted by Crippen LogP contribution is -2.58. The van der Waals surface area contributed by atoms with E-state index in [2.05, 4.69) is 10.6 Å². The van der Waals surface area contributed by atoms with Gasteiger partial charge in [0.05, 0.1) is 19.3 Å².